The van der Waals surface area contributed by atoms with E-state index in [1.165, 1.54) is 11.4 Å². The van der Waals surface area contributed by atoms with Crippen LogP contribution in [0.5, 0.6) is 0 Å². The molecule has 1 aromatic carbocycles. The molecule has 134 valence electrons. The number of anilines is 2. The number of benzene rings is 1. The van der Waals surface area contributed by atoms with Crippen molar-refractivity contribution in [3.05, 3.63) is 24.3 Å². The summed E-state index contributed by atoms with van der Waals surface area (Å²) in [5.74, 6) is 0.544. The molecule has 1 saturated heterocycles. The number of hydrogen-bond donors (Lipinski definition) is 1. The Morgan fingerprint density at radius 3 is 2.83 bits per heavy atom. The fraction of sp³-hybridized carbons (Fsp3) is 0.684. The number of aliphatic hydroxyl groups excluding tert-OH is 1. The fourth-order valence-electron chi connectivity index (χ4n) is 3.74. The molecular weight excluding hydrogens is 304 g/mol. The van der Waals surface area contributed by atoms with Crippen LogP contribution in [0.15, 0.2) is 24.3 Å². The number of nitrogens with zero attached hydrogens (tertiary/aromatic N) is 2. The second-order valence-corrected chi connectivity index (χ2v) is 7.21. The number of fused-ring (bicyclic) bond motifs is 1. The molecule has 5 nitrogen and oxygen atoms in total. The Labute approximate surface area is 145 Å². The Bertz CT molecular complexity index is 519. The van der Waals surface area contributed by atoms with E-state index in [0.717, 1.165) is 32.5 Å². The number of ether oxygens (including phenoxy) is 2. The highest BCUT2D eigenvalue weighted by molar-refractivity contribution is 5.72. The van der Waals surface area contributed by atoms with Gasteiger partial charge in [-0.15, -0.1) is 0 Å². The number of para-hydroxylation sites is 2. The summed E-state index contributed by atoms with van der Waals surface area (Å²) in [5.41, 5.74) is 2.43. The fourth-order valence-corrected chi connectivity index (χ4v) is 3.74. The van der Waals surface area contributed by atoms with Gasteiger partial charge < -0.3 is 24.4 Å². The van der Waals surface area contributed by atoms with E-state index in [-0.39, 0.29) is 6.10 Å². The van der Waals surface area contributed by atoms with Gasteiger partial charge in [-0.05, 0) is 30.9 Å². The number of hydrogen-bond acceptors (Lipinski definition) is 5. The molecule has 1 N–H and O–H groups in total. The molecule has 1 fully saturated rings. The van der Waals surface area contributed by atoms with E-state index in [2.05, 4.69) is 48.0 Å². The molecule has 5 heteroatoms. The summed E-state index contributed by atoms with van der Waals surface area (Å²) in [7, 11) is 2.14. The van der Waals surface area contributed by atoms with Crippen molar-refractivity contribution in [1.82, 2.24) is 0 Å². The zero-order valence-electron chi connectivity index (χ0n) is 14.9. The molecular formula is C19H30N2O3. The third-order valence-corrected chi connectivity index (χ3v) is 4.82. The lowest BCUT2D eigenvalue weighted by molar-refractivity contribution is -0.0150. The van der Waals surface area contributed by atoms with Crippen LogP contribution in [0, 0.1) is 5.92 Å². The minimum absolute atomic E-state index is 0.213. The van der Waals surface area contributed by atoms with Crippen molar-refractivity contribution in [2.24, 2.45) is 5.92 Å². The Morgan fingerprint density at radius 2 is 2.08 bits per heavy atom. The van der Waals surface area contributed by atoms with Crippen molar-refractivity contribution in [2.75, 3.05) is 56.3 Å². The van der Waals surface area contributed by atoms with Gasteiger partial charge in [-0.2, -0.15) is 0 Å². The van der Waals surface area contributed by atoms with Crippen LogP contribution in [0.4, 0.5) is 11.4 Å². The van der Waals surface area contributed by atoms with Crippen molar-refractivity contribution in [3.63, 3.8) is 0 Å². The van der Waals surface area contributed by atoms with Crippen molar-refractivity contribution >= 4 is 11.4 Å². The van der Waals surface area contributed by atoms with Crippen LogP contribution in [-0.2, 0) is 9.47 Å². The predicted molar refractivity (Wildman–Crippen MR) is 96.9 cm³/mol. The predicted octanol–water partition coefficient (Wildman–Crippen LogP) is 2.14. The molecule has 0 aliphatic carbocycles. The average molecular weight is 334 g/mol. The molecule has 1 aromatic rings. The molecule has 3 atom stereocenters. The number of rotatable bonds is 6. The summed E-state index contributed by atoms with van der Waals surface area (Å²) < 4.78 is 11.2. The summed E-state index contributed by atoms with van der Waals surface area (Å²) in [5, 5.41) is 10.4. The van der Waals surface area contributed by atoms with Crippen LogP contribution in [0.25, 0.3) is 0 Å². The first-order chi connectivity index (χ1) is 11.6. The van der Waals surface area contributed by atoms with Crippen molar-refractivity contribution < 1.29 is 14.6 Å². The first kappa shape index (κ1) is 17.5. The van der Waals surface area contributed by atoms with Crippen molar-refractivity contribution in [3.8, 4) is 0 Å². The molecule has 2 aliphatic rings. The SMILES string of the molecule is C[C@@H]1CN(C)c2ccccc2N(C[C@H](O)COC[C@@H]2CCCO2)C1. The van der Waals surface area contributed by atoms with E-state index in [0.29, 0.717) is 25.7 Å². The average Bonchev–Trinajstić information content (AvgIpc) is 3.03. The van der Waals surface area contributed by atoms with Gasteiger partial charge in [0.1, 0.15) is 0 Å². The Balaban J connectivity index is 1.57. The van der Waals surface area contributed by atoms with Gasteiger partial charge in [0.05, 0.1) is 36.8 Å². The maximum Gasteiger partial charge on any atom is 0.0948 e. The van der Waals surface area contributed by atoms with Gasteiger partial charge in [-0.3, -0.25) is 0 Å². The first-order valence-electron chi connectivity index (χ1n) is 9.06. The van der Waals surface area contributed by atoms with Crippen LogP contribution in [0.3, 0.4) is 0 Å². The van der Waals surface area contributed by atoms with Gasteiger partial charge in [0, 0.05) is 33.3 Å². The van der Waals surface area contributed by atoms with Gasteiger partial charge in [0.2, 0.25) is 0 Å². The number of aliphatic hydroxyl groups is 1. The monoisotopic (exact) mass is 334 g/mol. The van der Waals surface area contributed by atoms with E-state index in [1.807, 2.05) is 0 Å². The van der Waals surface area contributed by atoms with E-state index >= 15 is 0 Å². The maximum atomic E-state index is 10.4. The van der Waals surface area contributed by atoms with Gasteiger partial charge in [-0.1, -0.05) is 19.1 Å². The summed E-state index contributed by atoms with van der Waals surface area (Å²) in [6, 6.07) is 8.44. The maximum absolute atomic E-state index is 10.4. The molecule has 2 heterocycles. The van der Waals surface area contributed by atoms with E-state index in [9.17, 15) is 5.11 Å². The summed E-state index contributed by atoms with van der Waals surface area (Å²) in [4.78, 5) is 4.60. The van der Waals surface area contributed by atoms with Crippen LogP contribution < -0.4 is 9.80 Å². The van der Waals surface area contributed by atoms with Crippen molar-refractivity contribution in [1.29, 1.82) is 0 Å². The lowest BCUT2D eigenvalue weighted by atomic mass is 10.1. The smallest absolute Gasteiger partial charge is 0.0948 e. The molecule has 0 radical (unpaired) electrons. The quantitative estimate of drug-likeness (QED) is 0.863. The van der Waals surface area contributed by atoms with E-state index in [4.69, 9.17) is 9.47 Å². The summed E-state index contributed by atoms with van der Waals surface area (Å²) in [6.45, 7) is 6.63. The van der Waals surface area contributed by atoms with Crippen LogP contribution in [-0.4, -0.2) is 63.8 Å². The minimum atomic E-state index is -0.491. The lowest BCUT2D eigenvalue weighted by Crippen LogP contribution is -2.38. The van der Waals surface area contributed by atoms with Gasteiger partial charge in [-0.25, -0.2) is 0 Å². The minimum Gasteiger partial charge on any atom is -0.389 e. The van der Waals surface area contributed by atoms with Crippen LogP contribution >= 0.6 is 0 Å². The molecule has 0 unspecified atom stereocenters. The summed E-state index contributed by atoms with van der Waals surface area (Å²) >= 11 is 0. The third kappa shape index (κ3) is 4.41. The summed E-state index contributed by atoms with van der Waals surface area (Å²) in [6.07, 6.45) is 1.91. The largest absolute Gasteiger partial charge is 0.389 e. The van der Waals surface area contributed by atoms with Gasteiger partial charge in [0.25, 0.3) is 0 Å². The molecule has 2 aliphatic heterocycles. The standard InChI is InChI=1S/C19H30N2O3/c1-15-10-20(2)18-7-3-4-8-19(18)21(11-15)12-16(22)13-23-14-17-6-5-9-24-17/h3-4,7-8,15-17,22H,5-6,9-14H2,1-2H3/t15-,16+,17+/m1/s1. The Kier molecular flexibility index (Phi) is 5.98. The topological polar surface area (TPSA) is 45.2 Å². The Hall–Kier alpha value is -1.30. The zero-order valence-corrected chi connectivity index (χ0v) is 14.9. The van der Waals surface area contributed by atoms with E-state index in [1.54, 1.807) is 0 Å². The highest BCUT2D eigenvalue weighted by Gasteiger charge is 2.24. The molecule has 3 rings (SSSR count). The molecule has 0 bridgehead atoms. The van der Waals surface area contributed by atoms with Crippen LogP contribution in [0.2, 0.25) is 0 Å². The van der Waals surface area contributed by atoms with Gasteiger partial charge in [0.15, 0.2) is 0 Å². The lowest BCUT2D eigenvalue weighted by Gasteiger charge is -2.28. The van der Waals surface area contributed by atoms with Crippen molar-refractivity contribution in [2.45, 2.75) is 32.0 Å². The van der Waals surface area contributed by atoms with Gasteiger partial charge >= 0.3 is 0 Å². The molecule has 0 aromatic heterocycles. The molecule has 0 amide bonds. The third-order valence-electron chi connectivity index (χ3n) is 4.82. The normalized spacial score (nSPS) is 25.5. The first-order valence-corrected chi connectivity index (χ1v) is 9.06. The van der Waals surface area contributed by atoms with E-state index < -0.39 is 6.10 Å². The van der Waals surface area contributed by atoms with Crippen LogP contribution in [0.1, 0.15) is 19.8 Å². The molecule has 0 saturated carbocycles. The number of β-amino-alcohol motifs (C(OH)–C–C–N with tert-alkyl or cyclic N) is 1. The zero-order chi connectivity index (χ0) is 16.9. The second kappa shape index (κ2) is 8.19. The Morgan fingerprint density at radius 1 is 1.29 bits per heavy atom. The highest BCUT2D eigenvalue weighted by Crippen LogP contribution is 2.32. The highest BCUT2D eigenvalue weighted by atomic mass is 16.5. The molecule has 0 spiro atoms. The second-order valence-electron chi connectivity index (χ2n) is 7.21. The molecule has 24 heavy (non-hydrogen) atoms.